The van der Waals surface area contributed by atoms with E-state index >= 15 is 0 Å². The van der Waals surface area contributed by atoms with E-state index in [9.17, 15) is 31.2 Å². The molecule has 2 atom stereocenters. The third-order valence-electron chi connectivity index (χ3n) is 7.90. The van der Waals surface area contributed by atoms with Crippen LogP contribution in [0.4, 0.5) is 18.9 Å². The predicted molar refractivity (Wildman–Crippen MR) is 181 cm³/mol. The van der Waals surface area contributed by atoms with Gasteiger partial charge in [0, 0.05) is 19.0 Å². The molecule has 4 aromatic rings. The van der Waals surface area contributed by atoms with Crippen LogP contribution in [-0.4, -0.2) is 43.8 Å². The number of carbonyl (C=O) groups is 2. The zero-order chi connectivity index (χ0) is 35.1. The van der Waals surface area contributed by atoms with Crippen molar-refractivity contribution in [3.63, 3.8) is 0 Å². The average Bonchev–Trinajstić information content (AvgIpc) is 3.06. The van der Waals surface area contributed by atoms with Crippen molar-refractivity contribution in [3.05, 3.63) is 130 Å². The maximum Gasteiger partial charge on any atom is 0.417 e. The molecule has 0 aliphatic rings. The van der Waals surface area contributed by atoms with Gasteiger partial charge < -0.3 is 10.2 Å². The van der Waals surface area contributed by atoms with Crippen LogP contribution in [0.15, 0.2) is 108 Å². The van der Waals surface area contributed by atoms with Crippen molar-refractivity contribution in [2.75, 3.05) is 10.8 Å². The van der Waals surface area contributed by atoms with Gasteiger partial charge in [0.05, 0.1) is 21.2 Å². The first-order chi connectivity index (χ1) is 22.7. The van der Waals surface area contributed by atoms with Crippen LogP contribution in [0.3, 0.4) is 0 Å². The third kappa shape index (κ3) is 9.17. The molecule has 2 unspecified atom stereocenters. The molecule has 2 amide bonds. The summed E-state index contributed by atoms with van der Waals surface area (Å²) in [5.74, 6) is -1.24. The molecule has 4 rings (SSSR count). The second-order valence-electron chi connectivity index (χ2n) is 11.5. The number of aryl methyl sites for hydroxylation is 1. The molecule has 254 valence electrons. The Morgan fingerprint density at radius 3 is 2.06 bits per heavy atom. The second-order valence-corrected chi connectivity index (χ2v) is 13.8. The minimum Gasteiger partial charge on any atom is -0.352 e. The van der Waals surface area contributed by atoms with E-state index in [0.717, 1.165) is 23.3 Å². The Kier molecular flexibility index (Phi) is 11.9. The Hall–Kier alpha value is -4.35. The van der Waals surface area contributed by atoms with Gasteiger partial charge in [0.1, 0.15) is 12.6 Å². The van der Waals surface area contributed by atoms with E-state index in [2.05, 4.69) is 5.32 Å². The Morgan fingerprint density at radius 1 is 0.875 bits per heavy atom. The number of benzene rings is 4. The summed E-state index contributed by atoms with van der Waals surface area (Å²) in [5.41, 5.74) is 0.725. The van der Waals surface area contributed by atoms with Gasteiger partial charge in [0.2, 0.25) is 11.8 Å². The molecular weight excluding hydrogens is 663 g/mol. The summed E-state index contributed by atoms with van der Waals surface area (Å²) < 4.78 is 70.6. The molecule has 7 nitrogen and oxygen atoms in total. The second kappa shape index (κ2) is 15.7. The standard InChI is InChI=1S/C36H37ClF3N3O4S/c1-4-26(3)41-35(45)33(21-27-11-7-5-8-12-27)42(23-28-17-15-25(2)16-18-28)34(44)24-43(48(46,47)30-13-9-6-10-14-30)29-19-20-32(37)31(22-29)36(38,39)40/h5-20,22,26,33H,4,21,23-24H2,1-3H3,(H,41,45). The fraction of sp³-hybridized carbons (Fsp3) is 0.278. The van der Waals surface area contributed by atoms with Crippen LogP contribution in [-0.2, 0) is 38.8 Å². The lowest BCUT2D eigenvalue weighted by atomic mass is 10.0. The Morgan fingerprint density at radius 2 is 1.48 bits per heavy atom. The van der Waals surface area contributed by atoms with Crippen molar-refractivity contribution in [2.45, 2.75) is 63.3 Å². The first-order valence-corrected chi connectivity index (χ1v) is 17.2. The molecule has 0 aromatic heterocycles. The molecule has 0 radical (unpaired) electrons. The number of carbonyl (C=O) groups excluding carboxylic acids is 2. The summed E-state index contributed by atoms with van der Waals surface area (Å²) in [6.07, 6.45) is -4.17. The van der Waals surface area contributed by atoms with Gasteiger partial charge in [0.15, 0.2) is 0 Å². The number of nitrogens with zero attached hydrogens (tertiary/aromatic N) is 2. The fourth-order valence-corrected chi connectivity index (χ4v) is 6.67. The van der Waals surface area contributed by atoms with Crippen LogP contribution in [0.1, 0.15) is 42.5 Å². The first kappa shape index (κ1) is 36.5. The highest BCUT2D eigenvalue weighted by atomic mass is 35.5. The van der Waals surface area contributed by atoms with Crippen molar-refractivity contribution >= 4 is 39.1 Å². The topological polar surface area (TPSA) is 86.8 Å². The van der Waals surface area contributed by atoms with Gasteiger partial charge in [-0.1, -0.05) is 96.9 Å². The number of amides is 2. The van der Waals surface area contributed by atoms with Crippen molar-refractivity contribution in [2.24, 2.45) is 0 Å². The summed E-state index contributed by atoms with van der Waals surface area (Å²) >= 11 is 5.87. The van der Waals surface area contributed by atoms with Crippen LogP contribution in [0.25, 0.3) is 0 Å². The SMILES string of the molecule is CCC(C)NC(=O)C(Cc1ccccc1)N(Cc1ccc(C)cc1)C(=O)CN(c1ccc(Cl)c(C(F)(F)F)c1)S(=O)(=O)c1ccccc1. The quantitative estimate of drug-likeness (QED) is 0.157. The van der Waals surface area contributed by atoms with Gasteiger partial charge in [0.25, 0.3) is 10.0 Å². The normalized spacial score (nSPS) is 13.0. The molecule has 0 saturated carbocycles. The summed E-state index contributed by atoms with van der Waals surface area (Å²) in [7, 11) is -4.59. The van der Waals surface area contributed by atoms with Gasteiger partial charge in [-0.3, -0.25) is 13.9 Å². The molecule has 48 heavy (non-hydrogen) atoms. The van der Waals surface area contributed by atoms with E-state index in [4.69, 9.17) is 11.6 Å². The lowest BCUT2D eigenvalue weighted by Gasteiger charge is -2.34. The molecular formula is C36H37ClF3N3O4S. The van der Waals surface area contributed by atoms with Crippen LogP contribution >= 0.6 is 11.6 Å². The minimum absolute atomic E-state index is 0.0712. The molecule has 0 heterocycles. The number of sulfonamides is 1. The number of anilines is 1. The highest BCUT2D eigenvalue weighted by Gasteiger charge is 2.37. The first-order valence-electron chi connectivity index (χ1n) is 15.3. The lowest BCUT2D eigenvalue weighted by molar-refractivity contribution is -0.140. The summed E-state index contributed by atoms with van der Waals surface area (Å²) in [4.78, 5) is 29.5. The number of hydrogen-bond acceptors (Lipinski definition) is 4. The van der Waals surface area contributed by atoms with Crippen molar-refractivity contribution in [1.29, 1.82) is 0 Å². The number of rotatable bonds is 13. The zero-order valence-electron chi connectivity index (χ0n) is 26.7. The highest BCUT2D eigenvalue weighted by Crippen LogP contribution is 2.38. The smallest absolute Gasteiger partial charge is 0.352 e. The van der Waals surface area contributed by atoms with Crippen molar-refractivity contribution in [1.82, 2.24) is 10.2 Å². The molecule has 0 saturated heterocycles. The minimum atomic E-state index is -4.90. The molecule has 0 fully saturated rings. The Balaban J connectivity index is 1.86. The molecule has 0 aliphatic heterocycles. The molecule has 0 spiro atoms. The molecule has 12 heteroatoms. The Bertz CT molecular complexity index is 1810. The fourth-order valence-electron chi connectivity index (χ4n) is 5.02. The van der Waals surface area contributed by atoms with E-state index < -0.39 is 56.9 Å². The predicted octanol–water partition coefficient (Wildman–Crippen LogP) is 7.42. The van der Waals surface area contributed by atoms with Gasteiger partial charge in [-0.15, -0.1) is 0 Å². The van der Waals surface area contributed by atoms with Crippen molar-refractivity contribution in [3.8, 4) is 0 Å². The summed E-state index contributed by atoms with van der Waals surface area (Å²) in [6.45, 7) is 4.66. The molecule has 4 aromatic carbocycles. The average molecular weight is 700 g/mol. The van der Waals surface area contributed by atoms with E-state index in [0.29, 0.717) is 22.4 Å². The molecule has 0 aliphatic carbocycles. The van der Waals surface area contributed by atoms with E-state index in [1.54, 1.807) is 30.3 Å². The molecule has 0 bridgehead atoms. The van der Waals surface area contributed by atoms with Crippen LogP contribution in [0.5, 0.6) is 0 Å². The third-order valence-corrected chi connectivity index (χ3v) is 10.0. The molecule has 1 N–H and O–H groups in total. The maximum absolute atomic E-state index is 14.5. The number of halogens is 4. The number of alkyl halides is 3. The van der Waals surface area contributed by atoms with E-state index in [1.807, 2.05) is 51.1 Å². The number of nitrogens with one attached hydrogen (secondary N) is 1. The monoisotopic (exact) mass is 699 g/mol. The van der Waals surface area contributed by atoms with Crippen LogP contribution < -0.4 is 9.62 Å². The van der Waals surface area contributed by atoms with E-state index in [-0.39, 0.29) is 23.9 Å². The van der Waals surface area contributed by atoms with Gasteiger partial charge in [-0.05, 0) is 61.7 Å². The number of hydrogen-bond donors (Lipinski definition) is 1. The Labute approximate surface area is 284 Å². The van der Waals surface area contributed by atoms with Gasteiger partial charge in [-0.2, -0.15) is 13.2 Å². The summed E-state index contributed by atoms with van der Waals surface area (Å²) in [5, 5.41) is 2.32. The largest absolute Gasteiger partial charge is 0.417 e. The lowest BCUT2D eigenvalue weighted by Crippen LogP contribution is -2.54. The van der Waals surface area contributed by atoms with Crippen LogP contribution in [0, 0.1) is 6.92 Å². The van der Waals surface area contributed by atoms with Crippen LogP contribution in [0.2, 0.25) is 5.02 Å². The maximum atomic E-state index is 14.5. The summed E-state index contributed by atoms with van der Waals surface area (Å²) in [6, 6.07) is 24.8. The zero-order valence-corrected chi connectivity index (χ0v) is 28.3. The highest BCUT2D eigenvalue weighted by molar-refractivity contribution is 7.92. The van der Waals surface area contributed by atoms with Crippen molar-refractivity contribution < 1.29 is 31.2 Å². The van der Waals surface area contributed by atoms with Gasteiger partial charge >= 0.3 is 6.18 Å². The van der Waals surface area contributed by atoms with E-state index in [1.165, 1.54) is 29.2 Å². The van der Waals surface area contributed by atoms with Gasteiger partial charge in [-0.25, -0.2) is 8.42 Å².